The average Bonchev–Trinajstić information content (AvgIpc) is 2.27. The number of anilines is 1. The standard InChI is InChI=1S/C14H22N2O2/c1-14(2,3)16-8-7-12(17)10-5-6-13(18-4)11(15)9-10/h5-6,9,16H,7-8,15H2,1-4H3. The van der Waals surface area contributed by atoms with Gasteiger partial charge in [0.2, 0.25) is 0 Å². The zero-order valence-corrected chi connectivity index (χ0v) is 11.5. The number of rotatable bonds is 5. The molecule has 0 radical (unpaired) electrons. The molecule has 4 heteroatoms. The molecule has 0 aliphatic heterocycles. The van der Waals surface area contributed by atoms with E-state index in [0.29, 0.717) is 30.0 Å². The fourth-order valence-electron chi connectivity index (χ4n) is 1.60. The lowest BCUT2D eigenvalue weighted by Crippen LogP contribution is -2.37. The van der Waals surface area contributed by atoms with Crippen molar-refractivity contribution in [2.45, 2.75) is 32.7 Å². The van der Waals surface area contributed by atoms with Crippen LogP contribution in [0.3, 0.4) is 0 Å². The minimum absolute atomic E-state index is 0.0270. The van der Waals surface area contributed by atoms with Gasteiger partial charge in [-0.15, -0.1) is 0 Å². The molecule has 100 valence electrons. The number of benzene rings is 1. The summed E-state index contributed by atoms with van der Waals surface area (Å²) in [5.74, 6) is 0.681. The second-order valence-corrected chi connectivity index (χ2v) is 5.31. The van der Waals surface area contributed by atoms with Crippen LogP contribution in [0.1, 0.15) is 37.6 Å². The number of hydrogen-bond donors (Lipinski definition) is 2. The molecule has 0 fully saturated rings. The van der Waals surface area contributed by atoms with Crippen LogP contribution in [0.2, 0.25) is 0 Å². The number of Topliss-reactive ketones (excluding diaryl/α,β-unsaturated/α-hetero) is 1. The highest BCUT2D eigenvalue weighted by atomic mass is 16.5. The molecule has 0 unspecified atom stereocenters. The van der Waals surface area contributed by atoms with Gasteiger partial charge < -0.3 is 15.8 Å². The van der Waals surface area contributed by atoms with Gasteiger partial charge in [-0.2, -0.15) is 0 Å². The Labute approximate surface area is 109 Å². The third kappa shape index (κ3) is 4.37. The lowest BCUT2D eigenvalue weighted by molar-refractivity contribution is 0.0980. The lowest BCUT2D eigenvalue weighted by atomic mass is 10.1. The van der Waals surface area contributed by atoms with E-state index in [1.807, 2.05) is 0 Å². The largest absolute Gasteiger partial charge is 0.495 e. The second kappa shape index (κ2) is 5.87. The Bertz CT molecular complexity index is 422. The molecule has 3 N–H and O–H groups in total. The number of hydrogen-bond acceptors (Lipinski definition) is 4. The van der Waals surface area contributed by atoms with Crippen LogP contribution >= 0.6 is 0 Å². The smallest absolute Gasteiger partial charge is 0.164 e. The first-order valence-electron chi connectivity index (χ1n) is 6.05. The summed E-state index contributed by atoms with van der Waals surface area (Å²) in [6, 6.07) is 5.13. The van der Waals surface area contributed by atoms with E-state index in [9.17, 15) is 4.79 Å². The number of carbonyl (C=O) groups is 1. The van der Waals surface area contributed by atoms with Gasteiger partial charge in [0.05, 0.1) is 12.8 Å². The molecule has 0 saturated heterocycles. The predicted octanol–water partition coefficient (Wildman–Crippen LogP) is 2.24. The Morgan fingerprint density at radius 3 is 2.56 bits per heavy atom. The van der Waals surface area contributed by atoms with Crippen molar-refractivity contribution >= 4 is 11.5 Å². The molecule has 1 aromatic rings. The monoisotopic (exact) mass is 250 g/mol. The Morgan fingerprint density at radius 1 is 1.39 bits per heavy atom. The molecule has 1 rings (SSSR count). The van der Waals surface area contributed by atoms with Gasteiger partial charge in [0.15, 0.2) is 5.78 Å². The van der Waals surface area contributed by atoms with E-state index in [1.165, 1.54) is 0 Å². The van der Waals surface area contributed by atoms with Crippen molar-refractivity contribution in [2.24, 2.45) is 0 Å². The van der Waals surface area contributed by atoms with Crippen LogP contribution in [0.15, 0.2) is 18.2 Å². The number of nitrogens with one attached hydrogen (secondary N) is 1. The summed E-state index contributed by atoms with van der Waals surface area (Å²) in [5.41, 5.74) is 6.92. The molecule has 18 heavy (non-hydrogen) atoms. The maximum absolute atomic E-state index is 11.9. The van der Waals surface area contributed by atoms with Crippen LogP contribution in [-0.2, 0) is 0 Å². The highest BCUT2D eigenvalue weighted by molar-refractivity contribution is 5.97. The first-order chi connectivity index (χ1) is 8.33. The second-order valence-electron chi connectivity index (χ2n) is 5.31. The molecule has 0 amide bonds. The molecule has 0 bridgehead atoms. The van der Waals surface area contributed by atoms with Crippen molar-refractivity contribution in [3.8, 4) is 5.75 Å². The number of carbonyl (C=O) groups excluding carboxylic acids is 1. The maximum Gasteiger partial charge on any atom is 0.164 e. The molecule has 0 aliphatic carbocycles. The molecular weight excluding hydrogens is 228 g/mol. The number of nitrogens with two attached hydrogens (primary N) is 1. The van der Waals surface area contributed by atoms with Gasteiger partial charge in [-0.3, -0.25) is 4.79 Å². The Hall–Kier alpha value is -1.55. The summed E-state index contributed by atoms with van der Waals surface area (Å²) >= 11 is 0. The van der Waals surface area contributed by atoms with Gasteiger partial charge in [0.25, 0.3) is 0 Å². The van der Waals surface area contributed by atoms with Crippen LogP contribution < -0.4 is 15.8 Å². The average molecular weight is 250 g/mol. The normalized spacial score (nSPS) is 11.3. The van der Waals surface area contributed by atoms with Crippen LogP contribution in [-0.4, -0.2) is 25.0 Å². The third-order valence-corrected chi connectivity index (χ3v) is 2.56. The van der Waals surface area contributed by atoms with E-state index in [1.54, 1.807) is 25.3 Å². The minimum atomic E-state index is 0.0270. The summed E-state index contributed by atoms with van der Waals surface area (Å²) in [7, 11) is 1.56. The van der Waals surface area contributed by atoms with Gasteiger partial charge in [-0.25, -0.2) is 0 Å². The molecule has 0 aromatic heterocycles. The highest BCUT2D eigenvalue weighted by Crippen LogP contribution is 2.22. The third-order valence-electron chi connectivity index (χ3n) is 2.56. The Kier molecular flexibility index (Phi) is 4.73. The SMILES string of the molecule is COc1ccc(C(=O)CCNC(C)(C)C)cc1N. The van der Waals surface area contributed by atoms with Gasteiger partial charge in [-0.05, 0) is 39.0 Å². The highest BCUT2D eigenvalue weighted by Gasteiger charge is 2.12. The Morgan fingerprint density at radius 2 is 2.06 bits per heavy atom. The molecule has 0 spiro atoms. The van der Waals surface area contributed by atoms with Crippen LogP contribution in [0.4, 0.5) is 5.69 Å². The summed E-state index contributed by atoms with van der Waals surface area (Å²) in [5, 5.41) is 3.28. The zero-order valence-electron chi connectivity index (χ0n) is 11.5. The fraction of sp³-hybridized carbons (Fsp3) is 0.500. The quantitative estimate of drug-likeness (QED) is 0.621. The summed E-state index contributed by atoms with van der Waals surface area (Å²) in [4.78, 5) is 11.9. The number of ether oxygens (including phenoxy) is 1. The lowest BCUT2D eigenvalue weighted by Gasteiger charge is -2.20. The topological polar surface area (TPSA) is 64.3 Å². The molecular formula is C14H22N2O2. The summed E-state index contributed by atoms with van der Waals surface area (Å²) < 4.78 is 5.06. The molecule has 0 aliphatic rings. The van der Waals surface area contributed by atoms with E-state index >= 15 is 0 Å². The molecule has 0 saturated carbocycles. The number of methoxy groups -OCH3 is 1. The van der Waals surface area contributed by atoms with Gasteiger partial charge in [-0.1, -0.05) is 0 Å². The predicted molar refractivity (Wildman–Crippen MR) is 74.1 cm³/mol. The summed E-state index contributed by atoms with van der Waals surface area (Å²) in [6.07, 6.45) is 0.461. The van der Waals surface area contributed by atoms with Gasteiger partial charge >= 0.3 is 0 Å². The van der Waals surface area contributed by atoms with Crippen LogP contribution in [0.25, 0.3) is 0 Å². The minimum Gasteiger partial charge on any atom is -0.495 e. The van der Waals surface area contributed by atoms with E-state index in [2.05, 4.69) is 26.1 Å². The van der Waals surface area contributed by atoms with Crippen molar-refractivity contribution in [3.05, 3.63) is 23.8 Å². The van der Waals surface area contributed by atoms with Crippen LogP contribution in [0, 0.1) is 0 Å². The molecule has 4 nitrogen and oxygen atoms in total. The van der Waals surface area contributed by atoms with E-state index in [-0.39, 0.29) is 11.3 Å². The van der Waals surface area contributed by atoms with Gasteiger partial charge in [0, 0.05) is 24.1 Å². The van der Waals surface area contributed by atoms with Crippen LogP contribution in [0.5, 0.6) is 5.75 Å². The van der Waals surface area contributed by atoms with E-state index in [4.69, 9.17) is 10.5 Å². The van der Waals surface area contributed by atoms with E-state index < -0.39 is 0 Å². The first-order valence-corrected chi connectivity index (χ1v) is 6.05. The fourth-order valence-corrected chi connectivity index (χ4v) is 1.60. The zero-order chi connectivity index (χ0) is 13.8. The molecule has 0 heterocycles. The van der Waals surface area contributed by atoms with Crippen molar-refractivity contribution in [3.63, 3.8) is 0 Å². The summed E-state index contributed by atoms with van der Waals surface area (Å²) in [6.45, 7) is 6.88. The number of ketones is 1. The maximum atomic E-state index is 11.9. The molecule has 0 atom stereocenters. The van der Waals surface area contributed by atoms with Crippen molar-refractivity contribution < 1.29 is 9.53 Å². The van der Waals surface area contributed by atoms with Crippen molar-refractivity contribution in [1.82, 2.24) is 5.32 Å². The van der Waals surface area contributed by atoms with Crippen molar-refractivity contribution in [1.29, 1.82) is 0 Å². The van der Waals surface area contributed by atoms with E-state index in [0.717, 1.165) is 0 Å². The van der Waals surface area contributed by atoms with Gasteiger partial charge in [0.1, 0.15) is 5.75 Å². The van der Waals surface area contributed by atoms with Crippen molar-refractivity contribution in [2.75, 3.05) is 19.4 Å². The Balaban J connectivity index is 2.59. The number of nitrogen functional groups attached to an aromatic ring is 1. The molecule has 1 aromatic carbocycles. The first kappa shape index (κ1) is 14.5.